The van der Waals surface area contributed by atoms with Crippen molar-refractivity contribution < 1.29 is 0 Å². The van der Waals surface area contributed by atoms with E-state index in [1.807, 2.05) is 19.9 Å². The van der Waals surface area contributed by atoms with Crippen molar-refractivity contribution in [1.29, 1.82) is 0 Å². The highest BCUT2D eigenvalue weighted by Gasteiger charge is 2.34. The summed E-state index contributed by atoms with van der Waals surface area (Å²) >= 11 is 0. The molecule has 2 nitrogen and oxygen atoms in total. The Hall–Kier alpha value is -1.31. The summed E-state index contributed by atoms with van der Waals surface area (Å²) in [6.45, 7) is 5.12. The third-order valence-corrected chi connectivity index (χ3v) is 2.10. The Bertz CT molecular complexity index is 312. The van der Waals surface area contributed by atoms with Gasteiger partial charge in [-0.05, 0) is 19.4 Å². The highest BCUT2D eigenvalue weighted by molar-refractivity contribution is 5.78. The normalized spacial score (nSPS) is 19.8. The molecular weight excluding hydrogens is 160 g/mol. The molecule has 1 aliphatic rings. The van der Waals surface area contributed by atoms with Crippen molar-refractivity contribution in [2.45, 2.75) is 19.9 Å². The number of hydrogen-bond donors (Lipinski definition) is 0. The van der Waals surface area contributed by atoms with E-state index in [0.717, 1.165) is 12.3 Å². The Morgan fingerprint density at radius 1 is 1.31 bits per heavy atom. The van der Waals surface area contributed by atoms with Gasteiger partial charge >= 0.3 is 0 Å². The van der Waals surface area contributed by atoms with Crippen LogP contribution in [0.2, 0.25) is 0 Å². The molecule has 2 rings (SSSR count). The molecule has 0 spiro atoms. The molecular formula is C11H14N2. The number of hydrogen-bond acceptors (Lipinski definition) is 2. The van der Waals surface area contributed by atoms with Crippen molar-refractivity contribution in [3.05, 3.63) is 35.9 Å². The molecule has 1 aliphatic heterocycles. The molecule has 0 bridgehead atoms. The largest absolute Gasteiger partial charge is 0.285 e. The molecule has 68 valence electrons. The van der Waals surface area contributed by atoms with Gasteiger partial charge in [0.05, 0.1) is 12.6 Å². The first-order chi connectivity index (χ1) is 6.27. The van der Waals surface area contributed by atoms with Crippen LogP contribution in [0, 0.1) is 0 Å². The second-order valence-corrected chi connectivity index (χ2v) is 3.60. The van der Waals surface area contributed by atoms with Crippen LogP contribution in [0.3, 0.4) is 0 Å². The van der Waals surface area contributed by atoms with Gasteiger partial charge in [0.25, 0.3) is 0 Å². The molecule has 1 aromatic rings. The van der Waals surface area contributed by atoms with Crippen molar-refractivity contribution in [2.75, 3.05) is 6.54 Å². The Morgan fingerprint density at radius 2 is 2.00 bits per heavy atom. The van der Waals surface area contributed by atoms with Crippen molar-refractivity contribution in [1.82, 2.24) is 5.01 Å². The molecule has 2 heteroatoms. The van der Waals surface area contributed by atoms with E-state index in [2.05, 4.69) is 34.4 Å². The van der Waals surface area contributed by atoms with Gasteiger partial charge in [-0.1, -0.05) is 30.3 Å². The Kier molecular flexibility index (Phi) is 2.05. The van der Waals surface area contributed by atoms with Crippen LogP contribution in [0.25, 0.3) is 0 Å². The molecule has 0 amide bonds. The van der Waals surface area contributed by atoms with E-state index in [0.29, 0.717) is 6.04 Å². The summed E-state index contributed by atoms with van der Waals surface area (Å²) in [6.07, 6.45) is 0. The third kappa shape index (κ3) is 1.89. The number of hydrazone groups is 1. The smallest absolute Gasteiger partial charge is 0.0912 e. The van der Waals surface area contributed by atoms with Gasteiger partial charge in [0.1, 0.15) is 0 Å². The van der Waals surface area contributed by atoms with Gasteiger partial charge in [-0.2, -0.15) is 5.10 Å². The lowest BCUT2D eigenvalue weighted by molar-refractivity contribution is 0.552. The molecule has 1 fully saturated rings. The summed E-state index contributed by atoms with van der Waals surface area (Å²) in [4.78, 5) is 0. The average Bonchev–Trinajstić information content (AvgIpc) is 2.84. The Labute approximate surface area is 78.9 Å². The predicted octanol–water partition coefficient (Wildman–Crippen LogP) is 2.44. The Morgan fingerprint density at radius 3 is 2.62 bits per heavy atom. The van der Waals surface area contributed by atoms with Crippen molar-refractivity contribution in [3.63, 3.8) is 0 Å². The molecule has 1 unspecified atom stereocenters. The van der Waals surface area contributed by atoms with Gasteiger partial charge in [-0.15, -0.1) is 0 Å². The minimum atomic E-state index is 0.524. The quantitative estimate of drug-likeness (QED) is 0.496. The third-order valence-electron chi connectivity index (χ3n) is 2.10. The first kappa shape index (κ1) is 8.30. The molecule has 1 saturated heterocycles. The topological polar surface area (TPSA) is 15.4 Å². The van der Waals surface area contributed by atoms with Crippen LogP contribution in [0.1, 0.15) is 25.5 Å². The highest BCUT2D eigenvalue weighted by atomic mass is 15.6. The maximum atomic E-state index is 4.40. The molecule has 1 atom stereocenters. The fraction of sp³-hybridized carbons (Fsp3) is 0.364. The zero-order valence-corrected chi connectivity index (χ0v) is 8.07. The average molecular weight is 174 g/mol. The maximum Gasteiger partial charge on any atom is 0.0912 e. The number of rotatable bonds is 2. The van der Waals surface area contributed by atoms with Crippen molar-refractivity contribution in [3.8, 4) is 0 Å². The minimum Gasteiger partial charge on any atom is -0.285 e. The summed E-state index contributed by atoms with van der Waals surface area (Å²) < 4.78 is 0. The van der Waals surface area contributed by atoms with Crippen LogP contribution in [-0.4, -0.2) is 17.3 Å². The van der Waals surface area contributed by atoms with E-state index in [9.17, 15) is 0 Å². The number of nitrogens with zero attached hydrogens (tertiary/aromatic N) is 2. The Balaban J connectivity index is 2.05. The van der Waals surface area contributed by atoms with Crippen LogP contribution in [-0.2, 0) is 0 Å². The standard InChI is InChI=1S/C11H14N2/c1-9(2)12-13-8-11(13)10-6-4-3-5-7-10/h3-7,11H,8H2,1-2H3. The zero-order valence-electron chi connectivity index (χ0n) is 8.07. The molecule has 0 saturated carbocycles. The van der Waals surface area contributed by atoms with E-state index < -0.39 is 0 Å². The summed E-state index contributed by atoms with van der Waals surface area (Å²) in [5.74, 6) is 0. The fourth-order valence-electron chi connectivity index (χ4n) is 1.45. The summed E-state index contributed by atoms with van der Waals surface area (Å²) in [7, 11) is 0. The van der Waals surface area contributed by atoms with Crippen LogP contribution >= 0.6 is 0 Å². The predicted molar refractivity (Wildman–Crippen MR) is 54.7 cm³/mol. The lowest BCUT2D eigenvalue weighted by Gasteiger charge is -1.98. The molecule has 13 heavy (non-hydrogen) atoms. The molecule has 0 aromatic heterocycles. The van der Waals surface area contributed by atoms with E-state index in [-0.39, 0.29) is 0 Å². The SMILES string of the molecule is CC(C)=NN1CC1c1ccccc1. The first-order valence-corrected chi connectivity index (χ1v) is 4.61. The molecule has 0 radical (unpaired) electrons. The zero-order chi connectivity index (χ0) is 9.26. The van der Waals surface area contributed by atoms with Gasteiger partial charge in [-0.3, -0.25) is 5.01 Å². The molecule has 0 aliphatic carbocycles. The maximum absolute atomic E-state index is 4.40. The van der Waals surface area contributed by atoms with Crippen LogP contribution in [0.15, 0.2) is 35.4 Å². The fourth-order valence-corrected chi connectivity index (χ4v) is 1.45. The van der Waals surface area contributed by atoms with E-state index >= 15 is 0 Å². The summed E-state index contributed by atoms with van der Waals surface area (Å²) in [5.41, 5.74) is 2.49. The minimum absolute atomic E-state index is 0.524. The van der Waals surface area contributed by atoms with Crippen LogP contribution in [0.4, 0.5) is 0 Å². The lowest BCUT2D eigenvalue weighted by atomic mass is 10.2. The lowest BCUT2D eigenvalue weighted by Crippen LogP contribution is -1.92. The van der Waals surface area contributed by atoms with Gasteiger partial charge in [-0.25, -0.2) is 0 Å². The van der Waals surface area contributed by atoms with E-state index in [1.165, 1.54) is 5.56 Å². The van der Waals surface area contributed by atoms with Gasteiger partial charge in [0.2, 0.25) is 0 Å². The summed E-state index contributed by atoms with van der Waals surface area (Å²) in [6, 6.07) is 11.0. The van der Waals surface area contributed by atoms with Crippen molar-refractivity contribution in [2.24, 2.45) is 5.10 Å². The van der Waals surface area contributed by atoms with E-state index in [1.54, 1.807) is 0 Å². The monoisotopic (exact) mass is 174 g/mol. The summed E-state index contributed by atoms with van der Waals surface area (Å²) in [5, 5.41) is 6.51. The molecule has 1 aromatic carbocycles. The molecule has 1 heterocycles. The second kappa shape index (κ2) is 3.21. The van der Waals surface area contributed by atoms with E-state index in [4.69, 9.17) is 0 Å². The highest BCUT2D eigenvalue weighted by Crippen LogP contribution is 2.34. The van der Waals surface area contributed by atoms with Crippen molar-refractivity contribution >= 4 is 5.71 Å². The number of benzene rings is 1. The van der Waals surface area contributed by atoms with Gasteiger partial charge in [0.15, 0.2) is 0 Å². The molecule has 0 N–H and O–H groups in total. The van der Waals surface area contributed by atoms with Gasteiger partial charge < -0.3 is 0 Å². The van der Waals surface area contributed by atoms with Gasteiger partial charge in [0, 0.05) is 5.71 Å². The van der Waals surface area contributed by atoms with Crippen LogP contribution < -0.4 is 0 Å². The van der Waals surface area contributed by atoms with Crippen LogP contribution in [0.5, 0.6) is 0 Å². The first-order valence-electron chi connectivity index (χ1n) is 4.61. The second-order valence-electron chi connectivity index (χ2n) is 3.60.